The van der Waals surface area contributed by atoms with Gasteiger partial charge in [0.1, 0.15) is 17.3 Å². The second kappa shape index (κ2) is 8.12. The average molecular weight is 367 g/mol. The molecule has 1 unspecified atom stereocenters. The SMILES string of the molecule is COc1cc(OC)cc(C(=O)NC(CC(C)C)c2nc3ccccc3[nH]2)c1. The van der Waals surface area contributed by atoms with Gasteiger partial charge < -0.3 is 19.8 Å². The van der Waals surface area contributed by atoms with E-state index in [4.69, 9.17) is 9.47 Å². The van der Waals surface area contributed by atoms with Gasteiger partial charge in [0, 0.05) is 11.6 Å². The number of nitrogens with zero attached hydrogens (tertiary/aromatic N) is 1. The lowest BCUT2D eigenvalue weighted by molar-refractivity contribution is 0.0929. The molecule has 2 N–H and O–H groups in total. The fraction of sp³-hybridized carbons (Fsp3) is 0.333. The third-order valence-electron chi connectivity index (χ3n) is 4.36. The van der Waals surface area contributed by atoms with Gasteiger partial charge in [-0.1, -0.05) is 26.0 Å². The van der Waals surface area contributed by atoms with Crippen LogP contribution < -0.4 is 14.8 Å². The molecule has 142 valence electrons. The molecule has 27 heavy (non-hydrogen) atoms. The molecule has 1 heterocycles. The number of nitrogens with one attached hydrogen (secondary N) is 2. The van der Waals surface area contributed by atoms with Crippen LogP contribution in [0.25, 0.3) is 11.0 Å². The number of H-pyrrole nitrogens is 1. The summed E-state index contributed by atoms with van der Waals surface area (Å²) in [7, 11) is 3.12. The lowest BCUT2D eigenvalue weighted by Crippen LogP contribution is -2.30. The quantitative estimate of drug-likeness (QED) is 0.659. The van der Waals surface area contributed by atoms with Crippen molar-refractivity contribution in [2.75, 3.05) is 14.2 Å². The predicted molar refractivity (Wildman–Crippen MR) is 105 cm³/mol. The molecule has 3 rings (SSSR count). The molecule has 0 fully saturated rings. The predicted octanol–water partition coefficient (Wildman–Crippen LogP) is 4.10. The summed E-state index contributed by atoms with van der Waals surface area (Å²) in [4.78, 5) is 20.9. The van der Waals surface area contributed by atoms with Gasteiger partial charge in [-0.05, 0) is 36.6 Å². The highest BCUT2D eigenvalue weighted by Crippen LogP contribution is 2.25. The van der Waals surface area contributed by atoms with Gasteiger partial charge >= 0.3 is 0 Å². The van der Waals surface area contributed by atoms with Gasteiger partial charge in [0.25, 0.3) is 5.91 Å². The van der Waals surface area contributed by atoms with Gasteiger partial charge in [-0.2, -0.15) is 0 Å². The van der Waals surface area contributed by atoms with Crippen LogP contribution in [0.5, 0.6) is 11.5 Å². The minimum atomic E-state index is -0.220. The third kappa shape index (κ3) is 4.39. The summed E-state index contributed by atoms with van der Waals surface area (Å²) in [6, 6.07) is 12.8. The van der Waals surface area contributed by atoms with Crippen LogP contribution in [0.1, 0.15) is 42.5 Å². The van der Waals surface area contributed by atoms with Crippen LogP contribution in [0.4, 0.5) is 0 Å². The number of rotatable bonds is 7. The minimum Gasteiger partial charge on any atom is -0.497 e. The summed E-state index contributed by atoms with van der Waals surface area (Å²) < 4.78 is 10.5. The number of carbonyl (C=O) groups excluding carboxylic acids is 1. The van der Waals surface area contributed by atoms with Crippen molar-refractivity contribution < 1.29 is 14.3 Å². The van der Waals surface area contributed by atoms with Crippen LogP contribution in [0.15, 0.2) is 42.5 Å². The second-order valence-corrected chi connectivity index (χ2v) is 6.90. The van der Waals surface area contributed by atoms with Gasteiger partial charge in [0.05, 0.1) is 31.3 Å². The fourth-order valence-electron chi connectivity index (χ4n) is 3.03. The van der Waals surface area contributed by atoms with Crippen LogP contribution in [0.2, 0.25) is 0 Å². The maximum atomic E-state index is 12.9. The standard InChI is InChI=1S/C21H25N3O3/c1-13(2)9-19(20-22-17-7-5-6-8-18(17)23-20)24-21(25)14-10-15(26-3)12-16(11-14)27-4/h5-8,10-13,19H,9H2,1-4H3,(H,22,23)(H,24,25). The molecule has 1 amide bonds. The van der Waals surface area contributed by atoms with E-state index >= 15 is 0 Å². The first-order valence-electron chi connectivity index (χ1n) is 8.98. The molecule has 3 aromatic rings. The Bertz CT molecular complexity index is 878. The molecule has 0 radical (unpaired) electrons. The highest BCUT2D eigenvalue weighted by molar-refractivity contribution is 5.95. The van der Waals surface area contributed by atoms with Crippen molar-refractivity contribution in [3.63, 3.8) is 0 Å². The Balaban J connectivity index is 1.89. The van der Waals surface area contributed by atoms with Crippen LogP contribution in [-0.2, 0) is 0 Å². The molecule has 0 aliphatic rings. The number of methoxy groups -OCH3 is 2. The second-order valence-electron chi connectivity index (χ2n) is 6.90. The fourth-order valence-corrected chi connectivity index (χ4v) is 3.03. The van der Waals surface area contributed by atoms with E-state index in [0.717, 1.165) is 23.3 Å². The lowest BCUT2D eigenvalue weighted by Gasteiger charge is -2.19. The van der Waals surface area contributed by atoms with Crippen LogP contribution in [-0.4, -0.2) is 30.1 Å². The van der Waals surface area contributed by atoms with Crippen LogP contribution >= 0.6 is 0 Å². The summed E-state index contributed by atoms with van der Waals surface area (Å²) in [5.41, 5.74) is 2.33. The van der Waals surface area contributed by atoms with E-state index in [9.17, 15) is 4.79 Å². The largest absolute Gasteiger partial charge is 0.497 e. The van der Waals surface area contributed by atoms with Gasteiger partial charge in [0.2, 0.25) is 0 Å². The molecule has 0 bridgehead atoms. The first-order valence-corrected chi connectivity index (χ1v) is 8.98. The molecule has 0 saturated carbocycles. The van der Waals surface area contributed by atoms with Crippen molar-refractivity contribution in [1.82, 2.24) is 15.3 Å². The molecule has 1 aromatic heterocycles. The van der Waals surface area contributed by atoms with E-state index < -0.39 is 0 Å². The lowest BCUT2D eigenvalue weighted by atomic mass is 10.0. The number of carbonyl (C=O) groups is 1. The third-order valence-corrected chi connectivity index (χ3v) is 4.36. The van der Waals surface area contributed by atoms with Crippen molar-refractivity contribution in [2.24, 2.45) is 5.92 Å². The highest BCUT2D eigenvalue weighted by Gasteiger charge is 2.21. The number of fused-ring (bicyclic) bond motifs is 1. The van der Waals surface area contributed by atoms with Gasteiger partial charge in [-0.15, -0.1) is 0 Å². The smallest absolute Gasteiger partial charge is 0.252 e. The summed E-state index contributed by atoms with van der Waals surface area (Å²) in [5.74, 6) is 2.10. The number of aromatic nitrogens is 2. The number of imidazole rings is 1. The van der Waals surface area contributed by atoms with E-state index in [0.29, 0.717) is 23.0 Å². The number of benzene rings is 2. The van der Waals surface area contributed by atoms with Crippen molar-refractivity contribution in [3.8, 4) is 11.5 Å². The molecule has 0 spiro atoms. The molecule has 1 atom stereocenters. The normalized spacial score (nSPS) is 12.2. The first kappa shape index (κ1) is 18.8. The van der Waals surface area contributed by atoms with Crippen molar-refractivity contribution in [3.05, 3.63) is 53.9 Å². The molecule has 0 saturated heterocycles. The van der Waals surface area contributed by atoms with Gasteiger partial charge in [-0.25, -0.2) is 4.98 Å². The zero-order valence-electron chi connectivity index (χ0n) is 16.1. The Morgan fingerprint density at radius 3 is 2.37 bits per heavy atom. The number of ether oxygens (including phenoxy) is 2. The Morgan fingerprint density at radius 2 is 1.78 bits per heavy atom. The zero-order valence-corrected chi connectivity index (χ0v) is 16.1. The number of hydrogen-bond donors (Lipinski definition) is 2. The van der Waals surface area contributed by atoms with Crippen molar-refractivity contribution in [2.45, 2.75) is 26.3 Å². The summed E-state index contributed by atoms with van der Waals surface area (Å²) in [5, 5.41) is 3.10. The maximum Gasteiger partial charge on any atom is 0.252 e. The van der Waals surface area contributed by atoms with Gasteiger partial charge in [0.15, 0.2) is 0 Å². The summed E-state index contributed by atoms with van der Waals surface area (Å²) >= 11 is 0. The number of para-hydroxylation sites is 2. The van der Waals surface area contributed by atoms with Crippen molar-refractivity contribution >= 4 is 16.9 Å². The monoisotopic (exact) mass is 367 g/mol. The molecule has 6 heteroatoms. The van der Waals surface area contributed by atoms with E-state index in [1.54, 1.807) is 32.4 Å². The van der Waals surface area contributed by atoms with E-state index in [2.05, 4.69) is 29.1 Å². The number of amides is 1. The van der Waals surface area contributed by atoms with E-state index in [1.807, 2.05) is 24.3 Å². The maximum absolute atomic E-state index is 12.9. The Morgan fingerprint density at radius 1 is 1.11 bits per heavy atom. The average Bonchev–Trinajstić information content (AvgIpc) is 3.10. The summed E-state index contributed by atoms with van der Waals surface area (Å²) in [6.45, 7) is 4.24. The van der Waals surface area contributed by atoms with Crippen molar-refractivity contribution in [1.29, 1.82) is 0 Å². The Hall–Kier alpha value is -3.02. The van der Waals surface area contributed by atoms with Crippen LogP contribution in [0.3, 0.4) is 0 Å². The van der Waals surface area contributed by atoms with Gasteiger partial charge in [-0.3, -0.25) is 4.79 Å². The summed E-state index contributed by atoms with van der Waals surface area (Å²) in [6.07, 6.45) is 0.771. The van der Waals surface area contributed by atoms with E-state index in [1.165, 1.54) is 0 Å². The molecule has 0 aliphatic carbocycles. The Kier molecular flexibility index (Phi) is 5.64. The minimum absolute atomic E-state index is 0.196. The molecule has 2 aromatic carbocycles. The number of hydrogen-bond acceptors (Lipinski definition) is 4. The zero-order chi connectivity index (χ0) is 19.4. The topological polar surface area (TPSA) is 76.2 Å². The molecular weight excluding hydrogens is 342 g/mol. The highest BCUT2D eigenvalue weighted by atomic mass is 16.5. The molecular formula is C21H25N3O3. The molecule has 6 nitrogen and oxygen atoms in total. The first-order chi connectivity index (χ1) is 13.0. The Labute approximate surface area is 158 Å². The van der Waals surface area contributed by atoms with E-state index in [-0.39, 0.29) is 11.9 Å². The van der Waals surface area contributed by atoms with Crippen LogP contribution in [0, 0.1) is 5.92 Å². The number of aromatic amines is 1. The molecule has 0 aliphatic heterocycles.